The first-order valence-corrected chi connectivity index (χ1v) is 13.8. The van der Waals surface area contributed by atoms with Crippen LogP contribution in [0.25, 0.3) is 11.1 Å². The second kappa shape index (κ2) is 12.5. The molecule has 1 aliphatic rings. The van der Waals surface area contributed by atoms with Crippen LogP contribution in [0, 0.1) is 0 Å². The van der Waals surface area contributed by atoms with Crippen molar-refractivity contribution in [3.63, 3.8) is 0 Å². The van der Waals surface area contributed by atoms with Gasteiger partial charge in [0.05, 0.1) is 11.3 Å². The SMILES string of the molecule is CC(C)(C)OC(=O)NN(C(=O)c1ccc(N2CCN(C(=O)OC(C)(C)C)CC2)nc1)c1cccc(-c2cccnc2)c1. The molecule has 42 heavy (non-hydrogen) atoms. The Hall–Kier alpha value is -4.67. The van der Waals surface area contributed by atoms with Crippen LogP contribution in [0.2, 0.25) is 0 Å². The standard InChI is InChI=1S/C31H38N6O5/c1-30(2,3)41-28(39)34-37(25-11-7-9-22(19-25)23-10-8-14-32-20-23)27(38)24-12-13-26(33-21-24)35-15-17-36(18-16-35)29(40)42-31(4,5)6/h7-14,19-21H,15-18H2,1-6H3,(H,34,39). The van der Waals surface area contributed by atoms with Crippen molar-refractivity contribution in [2.45, 2.75) is 52.7 Å². The predicted octanol–water partition coefficient (Wildman–Crippen LogP) is 5.29. The molecule has 2 aromatic heterocycles. The molecule has 222 valence electrons. The van der Waals surface area contributed by atoms with E-state index in [2.05, 4.69) is 15.4 Å². The van der Waals surface area contributed by atoms with Gasteiger partial charge in [0.15, 0.2) is 0 Å². The van der Waals surface area contributed by atoms with Crippen LogP contribution in [-0.2, 0) is 9.47 Å². The summed E-state index contributed by atoms with van der Waals surface area (Å²) in [5.74, 6) is 0.193. The summed E-state index contributed by atoms with van der Waals surface area (Å²) in [5, 5.41) is 1.16. The summed E-state index contributed by atoms with van der Waals surface area (Å²) in [6, 6.07) is 14.4. The van der Waals surface area contributed by atoms with Crippen LogP contribution in [0.3, 0.4) is 0 Å². The van der Waals surface area contributed by atoms with Gasteiger partial charge in [-0.1, -0.05) is 18.2 Å². The highest BCUT2D eigenvalue weighted by Gasteiger charge is 2.28. The molecule has 1 aliphatic heterocycles. The Balaban J connectivity index is 1.51. The Kier molecular flexibility index (Phi) is 8.99. The van der Waals surface area contributed by atoms with E-state index in [1.165, 1.54) is 6.20 Å². The number of carbonyl (C=O) groups excluding carboxylic acids is 3. The van der Waals surface area contributed by atoms with Gasteiger partial charge in [-0.25, -0.2) is 25.0 Å². The minimum absolute atomic E-state index is 0.272. The Morgan fingerprint density at radius 1 is 0.833 bits per heavy atom. The van der Waals surface area contributed by atoms with Crippen molar-refractivity contribution in [1.82, 2.24) is 20.3 Å². The van der Waals surface area contributed by atoms with Crippen LogP contribution in [0.15, 0.2) is 67.1 Å². The number of hydrogen-bond acceptors (Lipinski definition) is 8. The van der Waals surface area contributed by atoms with Crippen LogP contribution in [-0.4, -0.2) is 70.3 Å². The molecule has 0 bridgehead atoms. The number of benzene rings is 1. The van der Waals surface area contributed by atoms with E-state index in [9.17, 15) is 14.4 Å². The monoisotopic (exact) mass is 574 g/mol. The summed E-state index contributed by atoms with van der Waals surface area (Å²) in [6.07, 6.45) is 3.79. The first-order chi connectivity index (χ1) is 19.8. The lowest BCUT2D eigenvalue weighted by molar-refractivity contribution is 0.0240. The number of hydrogen-bond donors (Lipinski definition) is 1. The summed E-state index contributed by atoms with van der Waals surface area (Å²) >= 11 is 0. The van der Waals surface area contributed by atoms with E-state index in [4.69, 9.17) is 9.47 Å². The number of amides is 3. The predicted molar refractivity (Wildman–Crippen MR) is 160 cm³/mol. The van der Waals surface area contributed by atoms with Crippen molar-refractivity contribution in [2.75, 3.05) is 36.1 Å². The fraction of sp³-hybridized carbons (Fsp3) is 0.387. The molecule has 3 amide bonds. The largest absolute Gasteiger partial charge is 0.444 e. The average molecular weight is 575 g/mol. The molecule has 1 aromatic carbocycles. The molecule has 11 nitrogen and oxygen atoms in total. The number of piperazine rings is 1. The molecule has 1 saturated heterocycles. The maximum atomic E-state index is 13.7. The third-order valence-electron chi connectivity index (χ3n) is 6.15. The third kappa shape index (κ3) is 8.18. The lowest BCUT2D eigenvalue weighted by Crippen LogP contribution is -2.50. The highest BCUT2D eigenvalue weighted by atomic mass is 16.6. The van der Waals surface area contributed by atoms with Crippen molar-refractivity contribution in [2.24, 2.45) is 0 Å². The molecule has 0 radical (unpaired) electrons. The molecular weight excluding hydrogens is 536 g/mol. The van der Waals surface area contributed by atoms with Gasteiger partial charge >= 0.3 is 12.2 Å². The first kappa shape index (κ1) is 30.3. The molecule has 0 unspecified atom stereocenters. The first-order valence-electron chi connectivity index (χ1n) is 13.8. The molecule has 0 atom stereocenters. The maximum absolute atomic E-state index is 13.7. The van der Waals surface area contributed by atoms with Gasteiger partial charge in [0.1, 0.15) is 17.0 Å². The zero-order chi connectivity index (χ0) is 30.5. The Bertz CT molecular complexity index is 1390. The molecule has 4 rings (SSSR count). The van der Waals surface area contributed by atoms with E-state index in [0.717, 1.165) is 16.1 Å². The highest BCUT2D eigenvalue weighted by Crippen LogP contribution is 2.25. The zero-order valence-corrected chi connectivity index (χ0v) is 25.0. The van der Waals surface area contributed by atoms with Gasteiger partial charge in [-0.2, -0.15) is 0 Å². The molecule has 0 aliphatic carbocycles. The van der Waals surface area contributed by atoms with Crippen molar-refractivity contribution >= 4 is 29.6 Å². The lowest BCUT2D eigenvalue weighted by atomic mass is 10.1. The van der Waals surface area contributed by atoms with Gasteiger partial charge < -0.3 is 19.3 Å². The Morgan fingerprint density at radius 2 is 1.52 bits per heavy atom. The number of nitrogens with one attached hydrogen (secondary N) is 1. The number of pyridine rings is 2. The van der Waals surface area contributed by atoms with E-state index in [1.807, 2.05) is 43.9 Å². The van der Waals surface area contributed by atoms with Gasteiger partial charge in [0, 0.05) is 50.3 Å². The summed E-state index contributed by atoms with van der Waals surface area (Å²) in [5.41, 5.74) is 3.68. The van der Waals surface area contributed by atoms with E-state index < -0.39 is 23.2 Å². The fourth-order valence-electron chi connectivity index (χ4n) is 4.26. The number of rotatable bonds is 4. The summed E-state index contributed by atoms with van der Waals surface area (Å²) < 4.78 is 10.9. The molecular formula is C31H38N6O5. The van der Waals surface area contributed by atoms with Crippen LogP contribution in [0.4, 0.5) is 21.1 Å². The van der Waals surface area contributed by atoms with Gasteiger partial charge in [-0.15, -0.1) is 0 Å². The average Bonchev–Trinajstić information content (AvgIpc) is 2.94. The number of hydrazine groups is 1. The van der Waals surface area contributed by atoms with Crippen molar-refractivity contribution in [1.29, 1.82) is 0 Å². The third-order valence-corrected chi connectivity index (χ3v) is 6.15. The van der Waals surface area contributed by atoms with Crippen molar-refractivity contribution < 1.29 is 23.9 Å². The number of anilines is 2. The Morgan fingerprint density at radius 3 is 2.12 bits per heavy atom. The molecule has 3 heterocycles. The fourth-order valence-corrected chi connectivity index (χ4v) is 4.26. The normalized spacial score (nSPS) is 13.8. The molecule has 11 heteroatoms. The van der Waals surface area contributed by atoms with Crippen LogP contribution >= 0.6 is 0 Å². The minimum atomic E-state index is -0.768. The van der Waals surface area contributed by atoms with Gasteiger partial charge in [0.25, 0.3) is 5.91 Å². The summed E-state index contributed by atoms with van der Waals surface area (Å²) in [7, 11) is 0. The molecule has 0 saturated carbocycles. The second-order valence-electron chi connectivity index (χ2n) is 11.9. The topological polar surface area (TPSA) is 117 Å². The van der Waals surface area contributed by atoms with E-state index in [-0.39, 0.29) is 11.7 Å². The second-order valence-corrected chi connectivity index (χ2v) is 11.9. The van der Waals surface area contributed by atoms with E-state index in [0.29, 0.717) is 37.7 Å². The Labute approximate surface area is 246 Å². The van der Waals surface area contributed by atoms with Crippen molar-refractivity contribution in [3.05, 3.63) is 72.7 Å². The number of nitrogens with zero attached hydrogens (tertiary/aromatic N) is 5. The quantitative estimate of drug-likeness (QED) is 0.418. The highest BCUT2D eigenvalue weighted by molar-refractivity contribution is 6.07. The maximum Gasteiger partial charge on any atom is 0.427 e. The lowest BCUT2D eigenvalue weighted by Gasteiger charge is -2.36. The van der Waals surface area contributed by atoms with E-state index in [1.54, 1.807) is 68.4 Å². The number of ether oxygens (including phenoxy) is 2. The number of aromatic nitrogens is 2. The molecule has 1 N–H and O–H groups in total. The van der Waals surface area contributed by atoms with Crippen molar-refractivity contribution in [3.8, 4) is 11.1 Å². The van der Waals surface area contributed by atoms with Gasteiger partial charge in [-0.3, -0.25) is 9.78 Å². The van der Waals surface area contributed by atoms with Gasteiger partial charge in [-0.05, 0) is 77.4 Å². The summed E-state index contributed by atoms with van der Waals surface area (Å²) in [6.45, 7) is 12.9. The van der Waals surface area contributed by atoms with Crippen LogP contribution in [0.5, 0.6) is 0 Å². The zero-order valence-electron chi connectivity index (χ0n) is 25.0. The van der Waals surface area contributed by atoms with Crippen LogP contribution in [0.1, 0.15) is 51.9 Å². The molecule has 0 spiro atoms. The van der Waals surface area contributed by atoms with E-state index >= 15 is 0 Å². The number of carbonyl (C=O) groups is 3. The minimum Gasteiger partial charge on any atom is -0.444 e. The van der Waals surface area contributed by atoms with Crippen LogP contribution < -0.4 is 15.3 Å². The molecule has 3 aromatic rings. The summed E-state index contributed by atoms with van der Waals surface area (Å²) in [4.78, 5) is 51.3. The van der Waals surface area contributed by atoms with Gasteiger partial charge in [0.2, 0.25) is 0 Å². The molecule has 1 fully saturated rings. The smallest absolute Gasteiger partial charge is 0.427 e.